The van der Waals surface area contributed by atoms with Gasteiger partial charge in [-0.3, -0.25) is 4.99 Å². The Morgan fingerprint density at radius 1 is 1.32 bits per heavy atom. The molecular weight excluding hydrogens is 242 g/mol. The number of anilines is 1. The van der Waals surface area contributed by atoms with Crippen molar-refractivity contribution in [1.29, 1.82) is 0 Å². The van der Waals surface area contributed by atoms with Crippen LogP contribution in [-0.4, -0.2) is 19.6 Å². The molecule has 0 saturated carbocycles. The highest BCUT2D eigenvalue weighted by Gasteiger charge is 2.02. The number of nitrogens with one attached hydrogen (secondary N) is 1. The molecule has 0 saturated heterocycles. The van der Waals surface area contributed by atoms with Gasteiger partial charge in [0.1, 0.15) is 11.5 Å². The topological polar surface area (TPSA) is 72.8 Å². The first-order valence-corrected chi connectivity index (χ1v) is 6.02. The van der Waals surface area contributed by atoms with Gasteiger partial charge in [-0.25, -0.2) is 0 Å². The van der Waals surface area contributed by atoms with E-state index >= 15 is 0 Å². The van der Waals surface area contributed by atoms with Gasteiger partial charge in [-0.15, -0.1) is 0 Å². The summed E-state index contributed by atoms with van der Waals surface area (Å²) in [4.78, 5) is 4.24. The minimum atomic E-state index is 0.357. The van der Waals surface area contributed by atoms with E-state index in [0.717, 1.165) is 23.6 Å². The lowest BCUT2D eigenvalue weighted by Gasteiger charge is -2.09. The quantitative estimate of drug-likeness (QED) is 0.638. The fourth-order valence-corrected chi connectivity index (χ4v) is 1.67. The molecule has 0 atom stereocenters. The van der Waals surface area contributed by atoms with Crippen LogP contribution in [0.5, 0.6) is 5.75 Å². The number of nitrogens with zero attached hydrogens (tertiary/aromatic N) is 1. The Balaban J connectivity index is 1.91. The first kappa shape index (κ1) is 13.0. The predicted octanol–water partition coefficient (Wildman–Crippen LogP) is 2.26. The van der Waals surface area contributed by atoms with Crippen LogP contribution in [0.15, 0.2) is 52.1 Å². The second-order valence-corrected chi connectivity index (χ2v) is 3.92. The Hall–Kier alpha value is -2.43. The lowest BCUT2D eigenvalue weighted by Crippen LogP contribution is -2.23. The number of nitrogens with two attached hydrogens (primary N) is 1. The lowest BCUT2D eigenvalue weighted by atomic mass is 10.3. The number of para-hydroxylation sites is 2. The van der Waals surface area contributed by atoms with Gasteiger partial charge < -0.3 is 20.2 Å². The van der Waals surface area contributed by atoms with Crippen molar-refractivity contribution in [3.63, 3.8) is 0 Å². The molecule has 5 heteroatoms. The second kappa shape index (κ2) is 6.49. The van der Waals surface area contributed by atoms with Crippen LogP contribution in [-0.2, 0) is 6.42 Å². The molecule has 5 nitrogen and oxygen atoms in total. The maximum Gasteiger partial charge on any atom is 0.193 e. The SMILES string of the molecule is COc1ccccc1NC(N)=NCCc1ccco1. The van der Waals surface area contributed by atoms with E-state index < -0.39 is 0 Å². The van der Waals surface area contributed by atoms with Crippen molar-refractivity contribution in [3.05, 3.63) is 48.4 Å². The molecule has 2 rings (SSSR count). The summed E-state index contributed by atoms with van der Waals surface area (Å²) >= 11 is 0. The van der Waals surface area contributed by atoms with E-state index in [1.807, 2.05) is 36.4 Å². The van der Waals surface area contributed by atoms with Gasteiger partial charge in [0.2, 0.25) is 0 Å². The zero-order valence-electron chi connectivity index (χ0n) is 10.8. The van der Waals surface area contributed by atoms with Crippen LogP contribution in [0.1, 0.15) is 5.76 Å². The molecule has 0 bridgehead atoms. The van der Waals surface area contributed by atoms with Crippen molar-refractivity contribution in [2.75, 3.05) is 19.0 Å². The highest BCUT2D eigenvalue weighted by molar-refractivity contribution is 5.93. The third kappa shape index (κ3) is 3.77. The summed E-state index contributed by atoms with van der Waals surface area (Å²) in [6.45, 7) is 0.571. The number of ether oxygens (including phenoxy) is 1. The molecule has 3 N–H and O–H groups in total. The van der Waals surface area contributed by atoms with Crippen LogP contribution in [0.3, 0.4) is 0 Å². The molecule has 0 unspecified atom stereocenters. The van der Waals surface area contributed by atoms with Crippen molar-refractivity contribution >= 4 is 11.6 Å². The molecule has 0 aliphatic rings. The smallest absolute Gasteiger partial charge is 0.193 e. The molecule has 1 heterocycles. The fraction of sp³-hybridized carbons (Fsp3) is 0.214. The Morgan fingerprint density at radius 2 is 2.16 bits per heavy atom. The van der Waals surface area contributed by atoms with Crippen molar-refractivity contribution in [1.82, 2.24) is 0 Å². The number of guanidine groups is 1. The molecule has 0 fully saturated rings. The summed E-state index contributed by atoms with van der Waals surface area (Å²) in [7, 11) is 1.62. The highest BCUT2D eigenvalue weighted by Crippen LogP contribution is 2.22. The van der Waals surface area contributed by atoms with E-state index in [1.165, 1.54) is 0 Å². The monoisotopic (exact) mass is 259 g/mol. The van der Waals surface area contributed by atoms with Gasteiger partial charge in [0.15, 0.2) is 5.96 Å². The predicted molar refractivity (Wildman–Crippen MR) is 75.5 cm³/mol. The molecule has 0 spiro atoms. The van der Waals surface area contributed by atoms with E-state index in [0.29, 0.717) is 12.5 Å². The first-order chi connectivity index (χ1) is 9.29. The molecule has 1 aromatic carbocycles. The maximum absolute atomic E-state index is 5.82. The Kier molecular flexibility index (Phi) is 4.44. The Bertz CT molecular complexity index is 535. The summed E-state index contributed by atoms with van der Waals surface area (Å²) in [5.74, 6) is 1.98. The normalized spacial score (nSPS) is 11.3. The van der Waals surface area contributed by atoms with E-state index in [-0.39, 0.29) is 0 Å². The Morgan fingerprint density at radius 3 is 2.89 bits per heavy atom. The molecule has 19 heavy (non-hydrogen) atoms. The molecule has 0 aliphatic heterocycles. The number of furan rings is 1. The van der Waals surface area contributed by atoms with Crippen LogP contribution in [0.2, 0.25) is 0 Å². The summed E-state index contributed by atoms with van der Waals surface area (Å²) in [5, 5.41) is 3.01. The van der Waals surface area contributed by atoms with E-state index in [2.05, 4.69) is 10.3 Å². The van der Waals surface area contributed by atoms with Gasteiger partial charge in [0, 0.05) is 13.0 Å². The van der Waals surface area contributed by atoms with Crippen LogP contribution >= 0.6 is 0 Å². The minimum absolute atomic E-state index is 0.357. The zero-order valence-corrected chi connectivity index (χ0v) is 10.8. The van der Waals surface area contributed by atoms with E-state index in [4.69, 9.17) is 14.9 Å². The van der Waals surface area contributed by atoms with Crippen molar-refractivity contribution < 1.29 is 9.15 Å². The standard InChI is InChI=1S/C14H17N3O2/c1-18-13-7-3-2-6-12(13)17-14(15)16-9-8-11-5-4-10-19-11/h2-7,10H,8-9H2,1H3,(H3,15,16,17). The van der Waals surface area contributed by atoms with Gasteiger partial charge in [-0.1, -0.05) is 12.1 Å². The van der Waals surface area contributed by atoms with E-state index in [9.17, 15) is 0 Å². The zero-order chi connectivity index (χ0) is 13.5. The van der Waals surface area contributed by atoms with Crippen LogP contribution in [0.4, 0.5) is 5.69 Å². The third-order valence-electron chi connectivity index (χ3n) is 2.59. The number of aliphatic imine (C=N–C) groups is 1. The van der Waals surface area contributed by atoms with Crippen molar-refractivity contribution in [2.45, 2.75) is 6.42 Å². The average molecular weight is 259 g/mol. The molecule has 2 aromatic rings. The highest BCUT2D eigenvalue weighted by atomic mass is 16.5. The first-order valence-electron chi connectivity index (χ1n) is 6.02. The van der Waals surface area contributed by atoms with Gasteiger partial charge in [-0.05, 0) is 24.3 Å². The largest absolute Gasteiger partial charge is 0.495 e. The Labute approximate surface area is 112 Å². The maximum atomic E-state index is 5.82. The number of hydrogen-bond donors (Lipinski definition) is 2. The van der Waals surface area contributed by atoms with Crippen LogP contribution in [0.25, 0.3) is 0 Å². The van der Waals surface area contributed by atoms with Crippen LogP contribution in [0, 0.1) is 0 Å². The van der Waals surface area contributed by atoms with Crippen LogP contribution < -0.4 is 15.8 Å². The van der Waals surface area contributed by atoms with Gasteiger partial charge in [-0.2, -0.15) is 0 Å². The van der Waals surface area contributed by atoms with Crippen molar-refractivity contribution in [3.8, 4) is 5.75 Å². The second-order valence-electron chi connectivity index (χ2n) is 3.92. The summed E-state index contributed by atoms with van der Waals surface area (Å²) < 4.78 is 10.4. The average Bonchev–Trinajstić information content (AvgIpc) is 2.92. The molecule has 0 amide bonds. The third-order valence-corrected chi connectivity index (χ3v) is 2.59. The molecule has 100 valence electrons. The van der Waals surface area contributed by atoms with Gasteiger partial charge >= 0.3 is 0 Å². The molecule has 0 radical (unpaired) electrons. The summed E-state index contributed by atoms with van der Waals surface area (Å²) in [5.41, 5.74) is 6.62. The lowest BCUT2D eigenvalue weighted by molar-refractivity contribution is 0.417. The summed E-state index contributed by atoms with van der Waals surface area (Å²) in [6.07, 6.45) is 2.37. The molecule has 0 aliphatic carbocycles. The van der Waals surface area contributed by atoms with Gasteiger partial charge in [0.05, 0.1) is 19.1 Å². The summed E-state index contributed by atoms with van der Waals surface area (Å²) in [6, 6.07) is 11.3. The number of benzene rings is 1. The van der Waals surface area contributed by atoms with E-state index in [1.54, 1.807) is 13.4 Å². The van der Waals surface area contributed by atoms with Crippen molar-refractivity contribution in [2.24, 2.45) is 10.7 Å². The minimum Gasteiger partial charge on any atom is -0.495 e. The number of rotatable bonds is 5. The number of hydrogen-bond acceptors (Lipinski definition) is 3. The van der Waals surface area contributed by atoms with Gasteiger partial charge in [0.25, 0.3) is 0 Å². The fourth-order valence-electron chi connectivity index (χ4n) is 1.67. The molecular formula is C14H17N3O2. The molecule has 1 aromatic heterocycles. The number of methoxy groups -OCH3 is 1.